The van der Waals surface area contributed by atoms with Gasteiger partial charge in [0.05, 0.1) is 14.2 Å². The fraction of sp³-hybridized carbons (Fsp3) is 0.250. The number of ether oxygens (including phenoxy) is 3. The lowest BCUT2D eigenvalue weighted by Crippen LogP contribution is -2.15. The summed E-state index contributed by atoms with van der Waals surface area (Å²) in [5.74, 6) is -2.26. The molecule has 1 atom stereocenters. The molecule has 18 heavy (non-hydrogen) atoms. The van der Waals surface area contributed by atoms with E-state index in [1.165, 1.54) is 26.4 Å². The summed E-state index contributed by atoms with van der Waals surface area (Å²) in [6.07, 6.45) is -1.19. The number of Topliss-reactive ketones (excluding diaryl/α,β-unsaturated/α-hetero) is 2. The molecule has 0 aliphatic carbocycles. The first-order valence-corrected chi connectivity index (χ1v) is 5.09. The molecule has 1 aromatic carbocycles. The van der Waals surface area contributed by atoms with E-state index < -0.39 is 23.6 Å². The number of ketones is 2. The van der Waals surface area contributed by atoms with Crippen LogP contribution in [0, 0.1) is 0 Å². The molecule has 0 bridgehead atoms. The first-order chi connectivity index (χ1) is 8.58. The second kappa shape index (κ2) is 4.48. The standard InChI is InChI=1S/C12H10O6/c1-16-7-4-3-6(5-8(7)17-2)11-9(13)10(14)12(15)18-11/h3-5,11H,1-2H3/t11-/m0/s1. The maximum Gasteiger partial charge on any atom is 0.384 e. The number of carbonyl (C=O) groups is 3. The molecule has 0 N–H and O–H groups in total. The minimum absolute atomic E-state index is 0.372. The van der Waals surface area contributed by atoms with Gasteiger partial charge in [-0.3, -0.25) is 9.59 Å². The van der Waals surface area contributed by atoms with Crippen LogP contribution in [0.4, 0.5) is 0 Å². The molecule has 1 fully saturated rings. The summed E-state index contributed by atoms with van der Waals surface area (Å²) in [4.78, 5) is 33.6. The van der Waals surface area contributed by atoms with Crippen molar-refractivity contribution >= 4 is 17.5 Å². The normalized spacial score (nSPS) is 18.8. The SMILES string of the molecule is COc1ccc([C@@H]2OC(=O)C(=O)C2=O)cc1OC. The molecule has 6 nitrogen and oxygen atoms in total. The summed E-state index contributed by atoms with van der Waals surface area (Å²) in [7, 11) is 2.91. The van der Waals surface area contributed by atoms with Gasteiger partial charge in [0.2, 0.25) is 0 Å². The van der Waals surface area contributed by atoms with Crippen molar-refractivity contribution < 1.29 is 28.6 Å². The van der Waals surface area contributed by atoms with E-state index in [0.717, 1.165) is 0 Å². The molecule has 0 saturated carbocycles. The fourth-order valence-corrected chi connectivity index (χ4v) is 1.67. The van der Waals surface area contributed by atoms with Crippen LogP contribution < -0.4 is 9.47 Å². The van der Waals surface area contributed by atoms with Crippen molar-refractivity contribution in [3.05, 3.63) is 23.8 Å². The van der Waals surface area contributed by atoms with Gasteiger partial charge < -0.3 is 14.2 Å². The van der Waals surface area contributed by atoms with Crippen molar-refractivity contribution in [2.75, 3.05) is 14.2 Å². The summed E-state index contributed by atoms with van der Waals surface area (Å²) in [6, 6.07) is 4.60. The first-order valence-electron chi connectivity index (χ1n) is 5.09. The van der Waals surface area contributed by atoms with Crippen molar-refractivity contribution in [3.8, 4) is 11.5 Å². The number of esters is 1. The van der Waals surface area contributed by atoms with Crippen LogP contribution in [-0.2, 0) is 19.1 Å². The van der Waals surface area contributed by atoms with E-state index in [9.17, 15) is 14.4 Å². The highest BCUT2D eigenvalue weighted by atomic mass is 16.6. The van der Waals surface area contributed by atoms with Crippen LogP contribution in [0.3, 0.4) is 0 Å². The lowest BCUT2D eigenvalue weighted by molar-refractivity contribution is -0.149. The summed E-state index contributed by atoms with van der Waals surface area (Å²) in [5.41, 5.74) is 0.372. The van der Waals surface area contributed by atoms with Gasteiger partial charge in [-0.15, -0.1) is 0 Å². The Morgan fingerprint density at radius 3 is 2.22 bits per heavy atom. The van der Waals surface area contributed by atoms with E-state index >= 15 is 0 Å². The van der Waals surface area contributed by atoms with Gasteiger partial charge in [0.25, 0.3) is 5.78 Å². The number of rotatable bonds is 3. The number of carbonyl (C=O) groups excluding carboxylic acids is 3. The number of benzene rings is 1. The van der Waals surface area contributed by atoms with Crippen molar-refractivity contribution in [2.24, 2.45) is 0 Å². The van der Waals surface area contributed by atoms with Gasteiger partial charge in [-0.2, -0.15) is 0 Å². The summed E-state index contributed by atoms with van der Waals surface area (Å²) in [6.45, 7) is 0. The van der Waals surface area contributed by atoms with Gasteiger partial charge >= 0.3 is 11.8 Å². The van der Waals surface area contributed by atoms with Crippen molar-refractivity contribution in [1.82, 2.24) is 0 Å². The average Bonchev–Trinajstić information content (AvgIpc) is 2.65. The Labute approximate surface area is 102 Å². The second-order valence-electron chi connectivity index (χ2n) is 3.59. The quantitative estimate of drug-likeness (QED) is 0.572. The predicted molar refractivity (Wildman–Crippen MR) is 58.4 cm³/mol. The summed E-state index contributed by atoms with van der Waals surface area (Å²) < 4.78 is 14.8. The molecule has 6 heteroatoms. The van der Waals surface area contributed by atoms with E-state index in [1.54, 1.807) is 6.07 Å². The smallest absolute Gasteiger partial charge is 0.384 e. The number of methoxy groups -OCH3 is 2. The Hall–Kier alpha value is -2.37. The Morgan fingerprint density at radius 1 is 1.06 bits per heavy atom. The third-order valence-corrected chi connectivity index (χ3v) is 2.58. The number of hydrogen-bond acceptors (Lipinski definition) is 6. The van der Waals surface area contributed by atoms with Crippen LogP contribution in [0.5, 0.6) is 11.5 Å². The van der Waals surface area contributed by atoms with E-state index in [-0.39, 0.29) is 0 Å². The highest BCUT2D eigenvalue weighted by molar-refractivity contribution is 6.65. The predicted octanol–water partition coefficient (Wildman–Crippen LogP) is 0.440. The zero-order valence-corrected chi connectivity index (χ0v) is 9.76. The molecule has 0 unspecified atom stereocenters. The molecule has 2 rings (SSSR count). The molecule has 0 aromatic heterocycles. The molecule has 0 amide bonds. The van der Waals surface area contributed by atoms with Crippen LogP contribution in [-0.4, -0.2) is 31.8 Å². The highest BCUT2D eigenvalue weighted by Gasteiger charge is 2.43. The van der Waals surface area contributed by atoms with Gasteiger partial charge in [0.1, 0.15) is 0 Å². The molecular formula is C12H10O6. The van der Waals surface area contributed by atoms with Crippen LogP contribution >= 0.6 is 0 Å². The lowest BCUT2D eigenvalue weighted by Gasteiger charge is -2.11. The molecular weight excluding hydrogens is 240 g/mol. The van der Waals surface area contributed by atoms with E-state index in [2.05, 4.69) is 0 Å². The van der Waals surface area contributed by atoms with Crippen LogP contribution in [0.1, 0.15) is 11.7 Å². The maximum absolute atomic E-state index is 11.5. The van der Waals surface area contributed by atoms with Crippen molar-refractivity contribution in [2.45, 2.75) is 6.10 Å². The van der Waals surface area contributed by atoms with E-state index in [0.29, 0.717) is 17.1 Å². The first kappa shape index (κ1) is 12.1. The van der Waals surface area contributed by atoms with E-state index in [4.69, 9.17) is 14.2 Å². The molecule has 0 spiro atoms. The van der Waals surface area contributed by atoms with Gasteiger partial charge in [-0.05, 0) is 12.1 Å². The molecule has 1 aromatic rings. The average molecular weight is 250 g/mol. The Morgan fingerprint density at radius 2 is 1.72 bits per heavy atom. The topological polar surface area (TPSA) is 78.9 Å². The zero-order valence-electron chi connectivity index (χ0n) is 9.76. The third-order valence-electron chi connectivity index (χ3n) is 2.58. The monoisotopic (exact) mass is 250 g/mol. The Kier molecular flexibility index (Phi) is 3.01. The van der Waals surface area contributed by atoms with Gasteiger partial charge in [0.15, 0.2) is 17.6 Å². The molecule has 1 aliphatic rings. The minimum Gasteiger partial charge on any atom is -0.493 e. The maximum atomic E-state index is 11.5. The van der Waals surface area contributed by atoms with Gasteiger partial charge in [-0.1, -0.05) is 6.07 Å². The Balaban J connectivity index is 2.38. The Bertz CT molecular complexity index is 533. The van der Waals surface area contributed by atoms with Gasteiger partial charge in [-0.25, -0.2) is 4.79 Å². The van der Waals surface area contributed by atoms with Crippen LogP contribution in [0.25, 0.3) is 0 Å². The van der Waals surface area contributed by atoms with Gasteiger partial charge in [0, 0.05) is 5.56 Å². The van der Waals surface area contributed by atoms with E-state index in [1.807, 2.05) is 0 Å². The van der Waals surface area contributed by atoms with Crippen LogP contribution in [0.15, 0.2) is 18.2 Å². The van der Waals surface area contributed by atoms with Crippen molar-refractivity contribution in [1.29, 1.82) is 0 Å². The summed E-state index contributed by atoms with van der Waals surface area (Å²) >= 11 is 0. The molecule has 1 heterocycles. The molecule has 1 saturated heterocycles. The minimum atomic E-state index is -1.19. The molecule has 0 radical (unpaired) electrons. The highest BCUT2D eigenvalue weighted by Crippen LogP contribution is 2.33. The second-order valence-corrected chi connectivity index (χ2v) is 3.59. The summed E-state index contributed by atoms with van der Waals surface area (Å²) in [5, 5.41) is 0. The molecule has 1 aliphatic heterocycles. The fourth-order valence-electron chi connectivity index (χ4n) is 1.67. The molecule has 94 valence electrons. The number of hydrogen-bond donors (Lipinski definition) is 0. The lowest BCUT2D eigenvalue weighted by atomic mass is 10.0. The van der Waals surface area contributed by atoms with Crippen LogP contribution in [0.2, 0.25) is 0 Å². The zero-order chi connectivity index (χ0) is 13.3. The third kappa shape index (κ3) is 1.81. The van der Waals surface area contributed by atoms with Crippen molar-refractivity contribution in [3.63, 3.8) is 0 Å². The number of cyclic esters (lactones) is 1. The largest absolute Gasteiger partial charge is 0.493 e.